The van der Waals surface area contributed by atoms with Crippen molar-refractivity contribution >= 4 is 11.8 Å². The zero-order chi connectivity index (χ0) is 18.6. The largest absolute Gasteiger partial charge is 0.490 e. The van der Waals surface area contributed by atoms with Gasteiger partial charge in [-0.2, -0.15) is 5.26 Å². The molecule has 6 nitrogen and oxygen atoms in total. The fourth-order valence-electron chi connectivity index (χ4n) is 2.82. The van der Waals surface area contributed by atoms with Gasteiger partial charge >= 0.3 is 0 Å². The molecule has 27 heavy (non-hydrogen) atoms. The molecule has 0 N–H and O–H groups in total. The lowest BCUT2D eigenvalue weighted by atomic mass is 10.2. The Morgan fingerprint density at radius 2 is 1.85 bits per heavy atom. The van der Waals surface area contributed by atoms with Crippen LogP contribution < -0.4 is 9.47 Å². The first-order valence-electron chi connectivity index (χ1n) is 8.66. The second-order valence-corrected chi connectivity index (χ2v) is 7.12. The van der Waals surface area contributed by atoms with Crippen molar-refractivity contribution in [3.05, 3.63) is 53.6 Å². The molecule has 0 saturated heterocycles. The lowest BCUT2D eigenvalue weighted by molar-refractivity contribution is 0.297. The number of rotatable bonds is 4. The number of hydrogen-bond acceptors (Lipinski definition) is 6. The third kappa shape index (κ3) is 3.76. The summed E-state index contributed by atoms with van der Waals surface area (Å²) < 4.78 is 13.4. The Balaban J connectivity index is 1.51. The molecule has 0 aliphatic carbocycles. The molecule has 0 radical (unpaired) electrons. The van der Waals surface area contributed by atoms with Crippen molar-refractivity contribution in [2.45, 2.75) is 17.3 Å². The predicted molar refractivity (Wildman–Crippen MR) is 103 cm³/mol. The number of fused-ring (bicyclic) bond motifs is 1. The topological polar surface area (TPSA) is 73.0 Å². The van der Waals surface area contributed by atoms with E-state index in [1.54, 1.807) is 11.8 Å². The van der Waals surface area contributed by atoms with Crippen LogP contribution in [0.4, 0.5) is 0 Å². The quantitative estimate of drug-likeness (QED) is 0.643. The summed E-state index contributed by atoms with van der Waals surface area (Å²) in [7, 11) is 1.96. The summed E-state index contributed by atoms with van der Waals surface area (Å²) in [5.74, 6) is 3.07. The fourth-order valence-corrected chi connectivity index (χ4v) is 3.68. The van der Waals surface area contributed by atoms with Crippen LogP contribution in [-0.2, 0) is 12.8 Å². The summed E-state index contributed by atoms with van der Waals surface area (Å²) in [6.45, 7) is 1.33. The number of nitrogens with zero attached hydrogens (tertiary/aromatic N) is 4. The number of thioether (sulfide) groups is 1. The third-order valence-electron chi connectivity index (χ3n) is 4.29. The van der Waals surface area contributed by atoms with Crippen molar-refractivity contribution in [2.24, 2.45) is 7.05 Å². The normalized spacial score (nSPS) is 13.0. The average molecular weight is 378 g/mol. The van der Waals surface area contributed by atoms with Crippen LogP contribution in [0.15, 0.2) is 47.6 Å². The maximum absolute atomic E-state index is 8.88. The molecule has 0 amide bonds. The molecular formula is C20H18N4O2S. The zero-order valence-electron chi connectivity index (χ0n) is 14.9. The highest BCUT2D eigenvalue weighted by Crippen LogP contribution is 2.34. The highest BCUT2D eigenvalue weighted by Gasteiger charge is 2.16. The Morgan fingerprint density at radius 3 is 2.63 bits per heavy atom. The molecule has 3 aromatic rings. The summed E-state index contributed by atoms with van der Waals surface area (Å²) in [5.41, 5.74) is 2.75. The molecule has 0 saturated carbocycles. The van der Waals surface area contributed by atoms with Crippen LogP contribution in [0.3, 0.4) is 0 Å². The molecule has 0 fully saturated rings. The summed E-state index contributed by atoms with van der Waals surface area (Å²) in [6, 6.07) is 15.6. The van der Waals surface area contributed by atoms with E-state index in [2.05, 4.69) is 16.3 Å². The van der Waals surface area contributed by atoms with Gasteiger partial charge in [0, 0.05) is 24.8 Å². The molecule has 0 spiro atoms. The zero-order valence-corrected chi connectivity index (χ0v) is 15.7. The van der Waals surface area contributed by atoms with E-state index in [1.165, 1.54) is 0 Å². The minimum atomic E-state index is 0.654. The van der Waals surface area contributed by atoms with Crippen LogP contribution in [0, 0.1) is 11.3 Å². The highest BCUT2D eigenvalue weighted by atomic mass is 32.2. The Morgan fingerprint density at radius 1 is 1.07 bits per heavy atom. The van der Waals surface area contributed by atoms with Crippen LogP contribution in [-0.4, -0.2) is 28.0 Å². The van der Waals surface area contributed by atoms with E-state index in [0.29, 0.717) is 18.8 Å². The van der Waals surface area contributed by atoms with Gasteiger partial charge in [-0.25, -0.2) is 0 Å². The number of nitriles is 1. The van der Waals surface area contributed by atoms with Gasteiger partial charge in [0.15, 0.2) is 22.5 Å². The van der Waals surface area contributed by atoms with E-state index < -0.39 is 0 Å². The van der Waals surface area contributed by atoms with Crippen molar-refractivity contribution in [2.75, 3.05) is 13.2 Å². The van der Waals surface area contributed by atoms with Gasteiger partial charge in [0.1, 0.15) is 0 Å². The Bertz CT molecular complexity index is 992. The first kappa shape index (κ1) is 17.4. The van der Waals surface area contributed by atoms with E-state index in [0.717, 1.165) is 45.8 Å². The van der Waals surface area contributed by atoms with Crippen molar-refractivity contribution in [3.63, 3.8) is 0 Å². The molecule has 0 bridgehead atoms. The van der Waals surface area contributed by atoms with Gasteiger partial charge < -0.3 is 14.0 Å². The molecule has 1 aliphatic heterocycles. The fraction of sp³-hybridized carbons (Fsp3) is 0.250. The van der Waals surface area contributed by atoms with Crippen LogP contribution in [0.25, 0.3) is 11.4 Å². The van der Waals surface area contributed by atoms with Gasteiger partial charge in [0.2, 0.25) is 0 Å². The van der Waals surface area contributed by atoms with Gasteiger partial charge in [-0.05, 0) is 35.9 Å². The Hall–Kier alpha value is -2.98. The third-order valence-corrected chi connectivity index (χ3v) is 5.38. The van der Waals surface area contributed by atoms with Crippen molar-refractivity contribution in [1.29, 1.82) is 5.26 Å². The second-order valence-electron chi connectivity index (χ2n) is 6.17. The van der Waals surface area contributed by atoms with E-state index in [-0.39, 0.29) is 0 Å². The minimum absolute atomic E-state index is 0.654. The summed E-state index contributed by atoms with van der Waals surface area (Å²) in [4.78, 5) is 0. The molecule has 2 aromatic carbocycles. The predicted octanol–water partition coefficient (Wildman–Crippen LogP) is 3.81. The maximum Gasteiger partial charge on any atom is 0.191 e. The van der Waals surface area contributed by atoms with E-state index in [1.807, 2.05) is 54.1 Å². The summed E-state index contributed by atoms with van der Waals surface area (Å²) in [5, 5.41) is 18.4. The number of ether oxygens (including phenoxy) is 2. The maximum atomic E-state index is 8.88. The number of benzene rings is 2. The molecule has 7 heteroatoms. The second kappa shape index (κ2) is 7.72. The van der Waals surface area contributed by atoms with Crippen molar-refractivity contribution < 1.29 is 9.47 Å². The molecule has 1 aliphatic rings. The monoisotopic (exact) mass is 378 g/mol. The number of hydrogen-bond donors (Lipinski definition) is 0. The molecule has 136 valence electrons. The van der Waals surface area contributed by atoms with Crippen molar-refractivity contribution in [1.82, 2.24) is 14.8 Å². The van der Waals surface area contributed by atoms with Gasteiger partial charge in [-0.1, -0.05) is 23.9 Å². The van der Waals surface area contributed by atoms with Gasteiger partial charge in [-0.15, -0.1) is 10.2 Å². The lowest BCUT2D eigenvalue weighted by Gasteiger charge is -2.09. The highest BCUT2D eigenvalue weighted by molar-refractivity contribution is 7.98. The Kier molecular flexibility index (Phi) is 4.99. The summed E-state index contributed by atoms with van der Waals surface area (Å²) in [6.07, 6.45) is 0.879. The minimum Gasteiger partial charge on any atom is -0.490 e. The van der Waals surface area contributed by atoms with Crippen LogP contribution in [0.1, 0.15) is 17.5 Å². The smallest absolute Gasteiger partial charge is 0.191 e. The molecule has 0 atom stereocenters. The standard InChI is InChI=1S/C20H18N4O2S/c1-24-19(16-7-8-17-18(11-16)26-10-2-9-25-17)22-23-20(24)27-13-15-5-3-14(12-21)4-6-15/h3-8,11H,2,9-10,13H2,1H3. The van der Waals surface area contributed by atoms with Gasteiger partial charge in [0.25, 0.3) is 0 Å². The SMILES string of the molecule is Cn1c(SCc2ccc(C#N)cc2)nnc1-c1ccc2c(c1)OCCCO2. The van der Waals surface area contributed by atoms with Gasteiger partial charge in [0.05, 0.1) is 24.8 Å². The van der Waals surface area contributed by atoms with Crippen LogP contribution in [0.5, 0.6) is 11.5 Å². The molecule has 1 aromatic heterocycles. The lowest BCUT2D eigenvalue weighted by Crippen LogP contribution is -1.97. The summed E-state index contributed by atoms with van der Waals surface area (Å²) >= 11 is 1.61. The first-order chi connectivity index (χ1) is 13.2. The molecule has 4 rings (SSSR count). The molecule has 0 unspecified atom stereocenters. The van der Waals surface area contributed by atoms with Gasteiger partial charge in [-0.3, -0.25) is 0 Å². The first-order valence-corrected chi connectivity index (χ1v) is 9.64. The Labute approximate surface area is 161 Å². The van der Waals surface area contributed by atoms with Crippen LogP contribution in [0.2, 0.25) is 0 Å². The van der Waals surface area contributed by atoms with E-state index in [4.69, 9.17) is 14.7 Å². The average Bonchev–Trinajstić information content (AvgIpc) is 2.91. The number of aromatic nitrogens is 3. The van der Waals surface area contributed by atoms with Crippen molar-refractivity contribution in [3.8, 4) is 29.0 Å². The van der Waals surface area contributed by atoms with E-state index in [9.17, 15) is 0 Å². The van der Waals surface area contributed by atoms with Crippen LogP contribution >= 0.6 is 11.8 Å². The molecule has 2 heterocycles. The molecular weight excluding hydrogens is 360 g/mol. The van der Waals surface area contributed by atoms with E-state index >= 15 is 0 Å².